The molecule has 1 aromatic carbocycles. The Morgan fingerprint density at radius 2 is 2.03 bits per heavy atom. The summed E-state index contributed by atoms with van der Waals surface area (Å²) in [7, 11) is 0. The van der Waals surface area contributed by atoms with E-state index in [-0.39, 0.29) is 36.1 Å². The molecule has 0 saturated carbocycles. The maximum atomic E-state index is 13.3. The van der Waals surface area contributed by atoms with Gasteiger partial charge in [-0.2, -0.15) is 0 Å². The van der Waals surface area contributed by atoms with Crippen LogP contribution in [-0.2, 0) is 9.53 Å². The van der Waals surface area contributed by atoms with Crippen LogP contribution in [-0.4, -0.2) is 56.7 Å². The van der Waals surface area contributed by atoms with Gasteiger partial charge in [-0.05, 0) is 17.7 Å². The summed E-state index contributed by atoms with van der Waals surface area (Å²) in [5.74, 6) is -0.0969. The quantitative estimate of drug-likeness (QED) is 0.666. The third kappa shape index (κ3) is 2.17. The zero-order valence-electron chi connectivity index (χ0n) is 15.5. The first-order valence-corrected chi connectivity index (χ1v) is 9.71. The summed E-state index contributed by atoms with van der Waals surface area (Å²) >= 11 is 0. The normalized spacial score (nSPS) is 28.2. The predicted octanol–water partition coefficient (Wildman–Crippen LogP) is 2.14. The first kappa shape index (κ1) is 16.7. The van der Waals surface area contributed by atoms with Crippen LogP contribution in [0.15, 0.2) is 53.2 Å². The van der Waals surface area contributed by atoms with Gasteiger partial charge in [0.1, 0.15) is 0 Å². The number of rotatable bonds is 2. The molecule has 3 fully saturated rings. The third-order valence-electron chi connectivity index (χ3n) is 6.35. The molecule has 3 aliphatic rings. The van der Waals surface area contributed by atoms with Crippen molar-refractivity contribution in [3.63, 3.8) is 0 Å². The summed E-state index contributed by atoms with van der Waals surface area (Å²) < 4.78 is 11.6. The molecule has 6 rings (SSSR count). The Morgan fingerprint density at radius 3 is 2.90 bits per heavy atom. The fourth-order valence-corrected chi connectivity index (χ4v) is 5.08. The fraction of sp³-hybridized carbons (Fsp3) is 0.333. The molecule has 1 spiro atoms. The van der Waals surface area contributed by atoms with Crippen LogP contribution in [0.25, 0.3) is 11.0 Å². The number of pyridine rings is 1. The topological polar surface area (TPSA) is 88.8 Å². The molecule has 3 atom stereocenters. The van der Waals surface area contributed by atoms with E-state index in [0.29, 0.717) is 30.6 Å². The number of ether oxygens (including phenoxy) is 1. The number of likely N-dealkylation sites (tertiary alicyclic amines) is 1. The molecule has 3 saturated heterocycles. The Hall–Kier alpha value is -3.26. The van der Waals surface area contributed by atoms with Crippen LogP contribution in [0, 0.1) is 0 Å². The zero-order chi connectivity index (χ0) is 19.6. The average Bonchev–Trinajstić information content (AvgIpc) is 3.48. The maximum absolute atomic E-state index is 13.3. The molecule has 5 heterocycles. The Kier molecular flexibility index (Phi) is 3.37. The van der Waals surface area contributed by atoms with Crippen molar-refractivity contribution in [1.82, 2.24) is 19.9 Å². The number of aromatic nitrogens is 2. The lowest BCUT2D eigenvalue weighted by molar-refractivity contribution is -0.138. The molecule has 2 amide bonds. The third-order valence-corrected chi connectivity index (χ3v) is 6.35. The highest BCUT2D eigenvalue weighted by molar-refractivity contribution is 6.03. The minimum absolute atomic E-state index is 0.0166. The lowest BCUT2D eigenvalue weighted by Crippen LogP contribution is -2.49. The highest BCUT2D eigenvalue weighted by Crippen LogP contribution is 2.51. The van der Waals surface area contributed by atoms with Crippen LogP contribution in [0.1, 0.15) is 35.0 Å². The molecule has 3 aliphatic heterocycles. The molecule has 0 bridgehead atoms. The lowest BCUT2D eigenvalue weighted by atomic mass is 10.0. The average molecular weight is 390 g/mol. The van der Waals surface area contributed by atoms with Gasteiger partial charge in [-0.3, -0.25) is 9.59 Å². The first-order chi connectivity index (χ1) is 14.2. The van der Waals surface area contributed by atoms with Gasteiger partial charge < -0.3 is 19.1 Å². The van der Waals surface area contributed by atoms with Crippen molar-refractivity contribution in [1.29, 1.82) is 0 Å². The van der Waals surface area contributed by atoms with Crippen molar-refractivity contribution in [2.24, 2.45) is 0 Å². The van der Waals surface area contributed by atoms with Crippen LogP contribution in [0.2, 0.25) is 0 Å². The number of fused-ring (bicyclic) bond motifs is 1. The van der Waals surface area contributed by atoms with Crippen molar-refractivity contribution in [3.05, 3.63) is 60.0 Å². The molecule has 2 aromatic heterocycles. The molecule has 0 unspecified atom stereocenters. The largest absolute Gasteiger partial charge is 0.351 e. The highest BCUT2D eigenvalue weighted by Gasteiger charge is 2.65. The van der Waals surface area contributed by atoms with E-state index in [9.17, 15) is 9.59 Å². The smallest absolute Gasteiger partial charge is 0.293 e. The van der Waals surface area contributed by atoms with Gasteiger partial charge in [0.05, 0.1) is 30.5 Å². The molecule has 146 valence electrons. The molecule has 8 nitrogen and oxygen atoms in total. The van der Waals surface area contributed by atoms with Crippen LogP contribution >= 0.6 is 0 Å². The molecule has 0 radical (unpaired) electrons. The predicted molar refractivity (Wildman–Crippen MR) is 101 cm³/mol. The summed E-state index contributed by atoms with van der Waals surface area (Å²) in [6.45, 7) is 0.931. The lowest BCUT2D eigenvalue weighted by Gasteiger charge is -2.33. The fourth-order valence-electron chi connectivity index (χ4n) is 5.08. The highest BCUT2D eigenvalue weighted by atomic mass is 16.5. The number of hydrogen-bond acceptors (Lipinski definition) is 6. The van der Waals surface area contributed by atoms with Crippen LogP contribution in [0.4, 0.5) is 0 Å². The SMILES string of the molecule is O=C(c1onc2ncccc12)N1CC[C@@]23OC[C@@H](c4ccccc4)N2C(=O)C[C@@H]13. The van der Waals surface area contributed by atoms with E-state index in [1.54, 1.807) is 23.2 Å². The van der Waals surface area contributed by atoms with Gasteiger partial charge in [-0.1, -0.05) is 35.5 Å². The van der Waals surface area contributed by atoms with Crippen LogP contribution in [0.5, 0.6) is 0 Å². The van der Waals surface area contributed by atoms with Crippen molar-refractivity contribution >= 4 is 22.8 Å². The Morgan fingerprint density at radius 1 is 1.17 bits per heavy atom. The number of nitrogens with zero attached hydrogens (tertiary/aromatic N) is 4. The van der Waals surface area contributed by atoms with Crippen molar-refractivity contribution in [3.8, 4) is 0 Å². The summed E-state index contributed by atoms with van der Waals surface area (Å²) in [6, 6.07) is 13.0. The summed E-state index contributed by atoms with van der Waals surface area (Å²) in [6.07, 6.45) is 2.44. The van der Waals surface area contributed by atoms with E-state index < -0.39 is 5.72 Å². The number of benzene rings is 1. The number of carbonyl (C=O) groups is 2. The molecular formula is C21H18N4O4. The van der Waals surface area contributed by atoms with E-state index in [4.69, 9.17) is 9.26 Å². The summed E-state index contributed by atoms with van der Waals surface area (Å²) in [5, 5.41) is 4.46. The Balaban J connectivity index is 1.35. The number of carbonyl (C=O) groups excluding carboxylic acids is 2. The van der Waals surface area contributed by atoms with Crippen molar-refractivity contribution < 1.29 is 18.8 Å². The molecule has 3 aromatic rings. The van der Waals surface area contributed by atoms with Crippen molar-refractivity contribution in [2.45, 2.75) is 30.7 Å². The standard InChI is InChI=1S/C21H18N4O4/c26-17-11-16-21(25(17)15(12-28-21)13-5-2-1-3-6-13)8-10-24(16)20(27)18-14-7-4-9-22-19(14)23-29-18/h1-7,9,15-16H,8,10-12H2/t15-,16+,21-/m0/s1. The van der Waals surface area contributed by atoms with Crippen molar-refractivity contribution in [2.75, 3.05) is 13.2 Å². The molecule has 0 aliphatic carbocycles. The number of amides is 2. The van der Waals surface area contributed by atoms with E-state index in [2.05, 4.69) is 10.1 Å². The van der Waals surface area contributed by atoms with E-state index >= 15 is 0 Å². The van der Waals surface area contributed by atoms with Gasteiger partial charge in [0.2, 0.25) is 17.3 Å². The van der Waals surface area contributed by atoms with Crippen LogP contribution < -0.4 is 0 Å². The summed E-state index contributed by atoms with van der Waals surface area (Å²) in [5.41, 5.74) is 0.687. The zero-order valence-corrected chi connectivity index (χ0v) is 15.5. The second-order valence-electron chi connectivity index (χ2n) is 7.70. The van der Waals surface area contributed by atoms with Gasteiger partial charge in [0.25, 0.3) is 5.91 Å². The second-order valence-corrected chi connectivity index (χ2v) is 7.70. The van der Waals surface area contributed by atoms with E-state index in [1.165, 1.54) is 0 Å². The number of hydrogen-bond donors (Lipinski definition) is 0. The maximum Gasteiger partial charge on any atom is 0.293 e. The van der Waals surface area contributed by atoms with E-state index in [1.807, 2.05) is 35.2 Å². The Bertz CT molecular complexity index is 1130. The minimum atomic E-state index is -0.763. The minimum Gasteiger partial charge on any atom is -0.351 e. The van der Waals surface area contributed by atoms with Gasteiger partial charge >= 0.3 is 0 Å². The monoisotopic (exact) mass is 390 g/mol. The second kappa shape index (κ2) is 5.87. The summed E-state index contributed by atoms with van der Waals surface area (Å²) in [4.78, 5) is 34.0. The Labute approximate surface area is 166 Å². The first-order valence-electron chi connectivity index (χ1n) is 9.71. The van der Waals surface area contributed by atoms with Gasteiger partial charge in [-0.25, -0.2) is 4.98 Å². The van der Waals surface area contributed by atoms with Gasteiger partial charge in [0.15, 0.2) is 5.72 Å². The molecule has 8 heteroatoms. The van der Waals surface area contributed by atoms with Gasteiger partial charge in [-0.15, -0.1) is 0 Å². The van der Waals surface area contributed by atoms with Crippen LogP contribution in [0.3, 0.4) is 0 Å². The molecule has 0 N–H and O–H groups in total. The van der Waals surface area contributed by atoms with E-state index in [0.717, 1.165) is 5.56 Å². The molecular weight excluding hydrogens is 372 g/mol. The molecule has 29 heavy (non-hydrogen) atoms. The van der Waals surface area contributed by atoms with Gasteiger partial charge in [0, 0.05) is 19.2 Å².